The average Bonchev–Trinajstić information content (AvgIpc) is 2.43. The van der Waals surface area contributed by atoms with Crippen LogP contribution in [0, 0.1) is 11.2 Å². The zero-order valence-corrected chi connectivity index (χ0v) is 15.5. The fourth-order valence-corrected chi connectivity index (χ4v) is 1.52. The number of nitrogens with one attached hydrogen (secondary N) is 2. The molecule has 0 radical (unpaired) electrons. The maximum atomic E-state index is 13.5. The van der Waals surface area contributed by atoms with Crippen LogP contribution in [0.2, 0.25) is 0 Å². The Hall–Kier alpha value is -1.38. The fourth-order valence-electron chi connectivity index (χ4n) is 1.52. The summed E-state index contributed by atoms with van der Waals surface area (Å²) in [5.74, 6) is -0.149. The Morgan fingerprint density at radius 2 is 1.95 bits per heavy atom. The molecule has 1 amide bonds. The minimum absolute atomic E-state index is 0. The number of halogens is 2. The molecule has 5 nitrogen and oxygen atoms in total. The van der Waals surface area contributed by atoms with Gasteiger partial charge in [-0.3, -0.25) is 4.79 Å². The molecule has 1 aromatic carbocycles. The summed E-state index contributed by atoms with van der Waals surface area (Å²) < 4.78 is 13.5. The van der Waals surface area contributed by atoms with Crippen LogP contribution in [0.1, 0.15) is 26.3 Å². The number of guanidine groups is 1. The summed E-state index contributed by atoms with van der Waals surface area (Å²) in [5, 5.41) is 6.10. The second-order valence-corrected chi connectivity index (χ2v) is 5.39. The van der Waals surface area contributed by atoms with Crippen LogP contribution in [-0.4, -0.2) is 25.0 Å². The Labute approximate surface area is 148 Å². The van der Waals surface area contributed by atoms with E-state index in [2.05, 4.69) is 15.6 Å². The summed E-state index contributed by atoms with van der Waals surface area (Å²) in [6.07, 6.45) is 0. The van der Waals surface area contributed by atoms with Crippen molar-refractivity contribution in [3.63, 3.8) is 0 Å². The van der Waals surface area contributed by atoms with Crippen molar-refractivity contribution < 1.29 is 9.18 Å². The van der Waals surface area contributed by atoms with Gasteiger partial charge in [-0.2, -0.15) is 0 Å². The normalized spacial score (nSPS) is 11.5. The van der Waals surface area contributed by atoms with Crippen LogP contribution >= 0.6 is 24.0 Å². The molecule has 0 aromatic heterocycles. The van der Waals surface area contributed by atoms with Gasteiger partial charge >= 0.3 is 0 Å². The zero-order valence-electron chi connectivity index (χ0n) is 13.1. The van der Waals surface area contributed by atoms with Crippen LogP contribution in [0.5, 0.6) is 0 Å². The van der Waals surface area contributed by atoms with Gasteiger partial charge in [0.05, 0.1) is 12.0 Å². The van der Waals surface area contributed by atoms with Gasteiger partial charge in [-0.25, -0.2) is 9.38 Å². The molecule has 0 saturated carbocycles. The van der Waals surface area contributed by atoms with Gasteiger partial charge in [-0.05, 0) is 26.8 Å². The molecule has 0 saturated heterocycles. The van der Waals surface area contributed by atoms with Gasteiger partial charge in [-0.15, -0.1) is 24.0 Å². The second-order valence-electron chi connectivity index (χ2n) is 5.39. The standard InChI is InChI=1S/C15H23FN4O.HI/c1-4-18-14(20-10-15(2,3)13(17)21)19-9-11-7-5-6-8-12(11)16;/h5-8H,4,9-10H2,1-3H3,(H2,17,21)(H2,18,19,20);1H. The van der Waals surface area contributed by atoms with Gasteiger partial charge < -0.3 is 16.4 Å². The van der Waals surface area contributed by atoms with Crippen molar-refractivity contribution in [3.8, 4) is 0 Å². The Kier molecular flexibility index (Phi) is 9.00. The number of nitrogens with zero attached hydrogens (tertiary/aromatic N) is 1. The number of hydrogen-bond acceptors (Lipinski definition) is 2. The van der Waals surface area contributed by atoms with E-state index in [9.17, 15) is 9.18 Å². The third kappa shape index (κ3) is 6.59. The number of primary amides is 1. The lowest BCUT2D eigenvalue weighted by atomic mass is 9.93. The monoisotopic (exact) mass is 422 g/mol. The number of hydrogen-bond donors (Lipinski definition) is 3. The Morgan fingerprint density at radius 1 is 1.32 bits per heavy atom. The lowest BCUT2D eigenvalue weighted by Gasteiger charge is -2.22. The summed E-state index contributed by atoms with van der Waals surface area (Å²) >= 11 is 0. The second kappa shape index (κ2) is 9.60. The van der Waals surface area contributed by atoms with Crippen LogP contribution in [0.15, 0.2) is 29.3 Å². The van der Waals surface area contributed by atoms with Crippen LogP contribution in [0.25, 0.3) is 0 Å². The molecule has 7 heteroatoms. The van der Waals surface area contributed by atoms with Gasteiger partial charge in [-0.1, -0.05) is 18.2 Å². The van der Waals surface area contributed by atoms with Crippen LogP contribution in [-0.2, 0) is 11.3 Å². The molecule has 0 heterocycles. The molecular formula is C15H24FIN4O. The molecule has 4 N–H and O–H groups in total. The predicted molar refractivity (Wildman–Crippen MR) is 97.6 cm³/mol. The van der Waals surface area contributed by atoms with Crippen LogP contribution in [0.4, 0.5) is 4.39 Å². The number of carbonyl (C=O) groups is 1. The Bertz CT molecular complexity index is 520. The third-order valence-electron chi connectivity index (χ3n) is 3.07. The van der Waals surface area contributed by atoms with Gasteiger partial charge in [0.1, 0.15) is 5.82 Å². The lowest BCUT2D eigenvalue weighted by molar-refractivity contribution is -0.125. The molecule has 1 aromatic rings. The third-order valence-corrected chi connectivity index (χ3v) is 3.07. The first kappa shape index (κ1) is 20.6. The summed E-state index contributed by atoms with van der Waals surface area (Å²) in [5.41, 5.74) is 5.16. The van der Waals surface area contributed by atoms with Crippen LogP contribution < -0.4 is 16.4 Å². The van der Waals surface area contributed by atoms with E-state index in [4.69, 9.17) is 5.73 Å². The average molecular weight is 422 g/mol. The minimum atomic E-state index is -0.686. The van der Waals surface area contributed by atoms with Gasteiger partial charge in [0, 0.05) is 18.7 Å². The van der Waals surface area contributed by atoms with Gasteiger partial charge in [0.15, 0.2) is 5.96 Å². The maximum Gasteiger partial charge on any atom is 0.224 e. The molecule has 22 heavy (non-hydrogen) atoms. The molecule has 0 bridgehead atoms. The molecule has 0 atom stereocenters. The van der Waals surface area contributed by atoms with Crippen molar-refractivity contribution in [1.82, 2.24) is 10.6 Å². The zero-order chi connectivity index (χ0) is 15.9. The molecule has 0 aliphatic heterocycles. The fraction of sp³-hybridized carbons (Fsp3) is 0.467. The largest absolute Gasteiger partial charge is 0.369 e. The molecule has 0 aliphatic rings. The van der Waals surface area contributed by atoms with Crippen molar-refractivity contribution in [2.45, 2.75) is 27.3 Å². The van der Waals surface area contributed by atoms with E-state index in [0.29, 0.717) is 24.6 Å². The predicted octanol–water partition coefficient (Wildman–Crippen LogP) is 2.01. The number of benzene rings is 1. The summed E-state index contributed by atoms with van der Waals surface area (Å²) in [7, 11) is 0. The highest BCUT2D eigenvalue weighted by molar-refractivity contribution is 14.0. The lowest BCUT2D eigenvalue weighted by Crippen LogP contribution is -2.46. The number of nitrogens with two attached hydrogens (primary N) is 1. The maximum absolute atomic E-state index is 13.5. The van der Waals surface area contributed by atoms with Gasteiger partial charge in [0.25, 0.3) is 0 Å². The van der Waals surface area contributed by atoms with E-state index in [1.54, 1.807) is 32.0 Å². The molecule has 0 aliphatic carbocycles. The van der Waals surface area contributed by atoms with Crippen molar-refractivity contribution in [2.24, 2.45) is 16.1 Å². The first-order valence-electron chi connectivity index (χ1n) is 6.92. The minimum Gasteiger partial charge on any atom is -0.369 e. The first-order valence-corrected chi connectivity index (χ1v) is 6.92. The molecule has 1 rings (SSSR count). The van der Waals surface area contributed by atoms with E-state index < -0.39 is 5.41 Å². The molecule has 0 unspecified atom stereocenters. The van der Waals surface area contributed by atoms with E-state index in [1.165, 1.54) is 6.07 Å². The van der Waals surface area contributed by atoms with Crippen molar-refractivity contribution in [2.75, 3.05) is 13.1 Å². The van der Waals surface area contributed by atoms with E-state index >= 15 is 0 Å². The Balaban J connectivity index is 0.00000441. The topological polar surface area (TPSA) is 79.5 Å². The molecular weight excluding hydrogens is 398 g/mol. The number of amides is 1. The smallest absolute Gasteiger partial charge is 0.224 e. The first-order chi connectivity index (χ1) is 9.86. The SMILES string of the molecule is CCNC(=NCc1ccccc1F)NCC(C)(C)C(N)=O.I. The van der Waals surface area contributed by atoms with Crippen molar-refractivity contribution in [3.05, 3.63) is 35.6 Å². The summed E-state index contributed by atoms with van der Waals surface area (Å²) in [4.78, 5) is 15.6. The van der Waals surface area contributed by atoms with Gasteiger partial charge in [0.2, 0.25) is 5.91 Å². The van der Waals surface area contributed by atoms with E-state index in [0.717, 1.165) is 0 Å². The molecule has 0 fully saturated rings. The quantitative estimate of drug-likeness (QED) is 0.373. The van der Waals surface area contributed by atoms with Crippen LogP contribution in [0.3, 0.4) is 0 Å². The Morgan fingerprint density at radius 3 is 2.50 bits per heavy atom. The highest BCUT2D eigenvalue weighted by Gasteiger charge is 2.24. The van der Waals surface area contributed by atoms with Crippen molar-refractivity contribution in [1.29, 1.82) is 0 Å². The number of rotatable bonds is 6. The summed E-state index contributed by atoms with van der Waals surface area (Å²) in [6, 6.07) is 6.50. The van der Waals surface area contributed by atoms with E-state index in [-0.39, 0.29) is 42.2 Å². The number of carbonyl (C=O) groups excluding carboxylic acids is 1. The number of aliphatic imine (C=N–C) groups is 1. The highest BCUT2D eigenvalue weighted by Crippen LogP contribution is 2.12. The molecule has 0 spiro atoms. The molecule has 124 valence electrons. The van der Waals surface area contributed by atoms with Crippen molar-refractivity contribution >= 4 is 35.8 Å². The summed E-state index contributed by atoms with van der Waals surface area (Å²) in [6.45, 7) is 6.68. The van der Waals surface area contributed by atoms with E-state index in [1.807, 2.05) is 6.92 Å². The highest BCUT2D eigenvalue weighted by atomic mass is 127.